The minimum atomic E-state index is -0.146. The average molecular weight is 295 g/mol. The van der Waals surface area contributed by atoms with Gasteiger partial charge in [-0.2, -0.15) is 0 Å². The normalized spacial score (nSPS) is 21.1. The molecule has 2 amide bonds. The largest absolute Gasteiger partial charge is 0.356 e. The van der Waals surface area contributed by atoms with Crippen LogP contribution >= 0.6 is 11.6 Å². The van der Waals surface area contributed by atoms with Crippen molar-refractivity contribution in [2.75, 3.05) is 19.6 Å². The molecule has 2 saturated heterocycles. The first kappa shape index (κ1) is 13.3. The van der Waals surface area contributed by atoms with Gasteiger partial charge in [-0.3, -0.25) is 14.6 Å². The molecule has 3 rings (SSSR count). The van der Waals surface area contributed by atoms with E-state index in [4.69, 9.17) is 11.6 Å². The number of rotatable bonds is 1. The van der Waals surface area contributed by atoms with Gasteiger partial charge >= 0.3 is 0 Å². The van der Waals surface area contributed by atoms with E-state index in [9.17, 15) is 9.59 Å². The summed E-state index contributed by atoms with van der Waals surface area (Å²) in [5, 5.41) is 3.10. The van der Waals surface area contributed by atoms with Crippen LogP contribution in [0.2, 0.25) is 5.15 Å². The van der Waals surface area contributed by atoms with Gasteiger partial charge in [0.25, 0.3) is 5.91 Å². The van der Waals surface area contributed by atoms with Gasteiger partial charge in [-0.1, -0.05) is 11.6 Å². The second-order valence-corrected chi connectivity index (χ2v) is 5.86. The summed E-state index contributed by atoms with van der Waals surface area (Å²) in [5.41, 5.74) is 0.308. The summed E-state index contributed by atoms with van der Waals surface area (Å²) in [6.07, 6.45) is 5.08. The highest BCUT2D eigenvalue weighted by molar-refractivity contribution is 6.29. The molecule has 2 aliphatic heterocycles. The highest BCUT2D eigenvalue weighted by atomic mass is 35.5. The van der Waals surface area contributed by atoms with Crippen LogP contribution in [0.1, 0.15) is 29.8 Å². The van der Waals surface area contributed by atoms with Gasteiger partial charge in [0.2, 0.25) is 5.91 Å². The van der Waals surface area contributed by atoms with Crippen molar-refractivity contribution in [2.45, 2.75) is 19.3 Å². The number of carbonyl (C=O) groups is 2. The fourth-order valence-corrected chi connectivity index (χ4v) is 3.04. The van der Waals surface area contributed by atoms with Crippen molar-refractivity contribution in [1.82, 2.24) is 20.2 Å². The summed E-state index contributed by atoms with van der Waals surface area (Å²) in [4.78, 5) is 33.3. The Kier molecular flexibility index (Phi) is 3.33. The van der Waals surface area contributed by atoms with Crippen LogP contribution in [-0.4, -0.2) is 46.3 Å². The predicted octanol–water partition coefficient (Wildman–Crippen LogP) is 0.872. The molecule has 0 bridgehead atoms. The maximum atomic E-state index is 12.3. The number of hydrogen-bond acceptors (Lipinski definition) is 4. The van der Waals surface area contributed by atoms with E-state index < -0.39 is 0 Å². The van der Waals surface area contributed by atoms with Crippen LogP contribution in [-0.2, 0) is 4.79 Å². The highest BCUT2D eigenvalue weighted by Gasteiger charge is 2.41. The first-order chi connectivity index (χ1) is 9.58. The molecular formula is C13H15ClN4O2. The molecule has 7 heteroatoms. The van der Waals surface area contributed by atoms with E-state index >= 15 is 0 Å². The summed E-state index contributed by atoms with van der Waals surface area (Å²) >= 11 is 5.75. The second kappa shape index (κ2) is 5.01. The molecule has 0 atom stereocenters. The molecule has 0 aliphatic carbocycles. The number of carbonyl (C=O) groups excluding carboxylic acids is 2. The molecule has 106 valence electrons. The molecular weight excluding hydrogens is 280 g/mol. The first-order valence-corrected chi connectivity index (χ1v) is 6.99. The Morgan fingerprint density at radius 2 is 2.10 bits per heavy atom. The van der Waals surface area contributed by atoms with E-state index in [2.05, 4.69) is 15.3 Å². The molecule has 0 radical (unpaired) electrons. The molecule has 2 fully saturated rings. The number of amides is 2. The van der Waals surface area contributed by atoms with E-state index in [1.54, 1.807) is 4.90 Å². The quantitative estimate of drug-likeness (QED) is 0.834. The van der Waals surface area contributed by atoms with Gasteiger partial charge in [-0.25, -0.2) is 4.98 Å². The van der Waals surface area contributed by atoms with Crippen LogP contribution in [0, 0.1) is 5.41 Å². The second-order valence-electron chi connectivity index (χ2n) is 5.47. The van der Waals surface area contributed by atoms with E-state index in [0.29, 0.717) is 19.5 Å². The fourth-order valence-electron chi connectivity index (χ4n) is 2.90. The summed E-state index contributed by atoms with van der Waals surface area (Å²) in [6.45, 7) is 2.01. The zero-order chi connectivity index (χ0) is 14.2. The zero-order valence-corrected chi connectivity index (χ0v) is 11.7. The third-order valence-electron chi connectivity index (χ3n) is 4.13. The van der Waals surface area contributed by atoms with Gasteiger partial charge in [0.15, 0.2) is 0 Å². The lowest BCUT2D eigenvalue weighted by molar-refractivity contribution is -0.119. The Morgan fingerprint density at radius 1 is 1.35 bits per heavy atom. The fraction of sp³-hybridized carbons (Fsp3) is 0.538. The molecule has 20 heavy (non-hydrogen) atoms. The van der Waals surface area contributed by atoms with Crippen molar-refractivity contribution in [2.24, 2.45) is 5.41 Å². The summed E-state index contributed by atoms with van der Waals surface area (Å²) < 4.78 is 0. The van der Waals surface area contributed by atoms with Crippen molar-refractivity contribution in [1.29, 1.82) is 0 Å². The van der Waals surface area contributed by atoms with E-state index in [0.717, 1.165) is 19.4 Å². The maximum Gasteiger partial charge on any atom is 0.274 e. The lowest BCUT2D eigenvalue weighted by Gasteiger charge is -2.37. The third kappa shape index (κ3) is 2.47. The summed E-state index contributed by atoms with van der Waals surface area (Å²) in [7, 11) is 0. The Hall–Kier alpha value is -1.69. The monoisotopic (exact) mass is 294 g/mol. The number of piperidine rings is 1. The van der Waals surface area contributed by atoms with Crippen molar-refractivity contribution in [3.63, 3.8) is 0 Å². The molecule has 1 spiro atoms. The number of nitrogens with one attached hydrogen (secondary N) is 1. The topological polar surface area (TPSA) is 75.2 Å². The van der Waals surface area contributed by atoms with Crippen LogP contribution in [0.25, 0.3) is 0 Å². The first-order valence-electron chi connectivity index (χ1n) is 6.62. The molecule has 0 saturated carbocycles. The number of hydrogen-bond donors (Lipinski definition) is 1. The van der Waals surface area contributed by atoms with E-state index in [1.165, 1.54) is 12.4 Å². The minimum Gasteiger partial charge on any atom is -0.356 e. The van der Waals surface area contributed by atoms with Gasteiger partial charge in [0, 0.05) is 26.1 Å². The van der Waals surface area contributed by atoms with Crippen LogP contribution in [0.5, 0.6) is 0 Å². The SMILES string of the molecule is O=C1CC2(CCN(C(=O)c3cncc(Cl)n3)CC2)CN1. The zero-order valence-electron chi connectivity index (χ0n) is 10.9. The van der Waals surface area contributed by atoms with Crippen LogP contribution in [0.3, 0.4) is 0 Å². The van der Waals surface area contributed by atoms with E-state index in [1.807, 2.05) is 0 Å². The molecule has 1 aromatic rings. The standard InChI is InChI=1S/C13H15ClN4O2/c14-10-7-15-6-9(17-10)12(20)18-3-1-13(2-4-18)5-11(19)16-8-13/h6-7H,1-5,8H2,(H,16,19). The molecule has 6 nitrogen and oxygen atoms in total. The number of halogens is 1. The molecule has 1 aromatic heterocycles. The highest BCUT2D eigenvalue weighted by Crippen LogP contribution is 2.37. The summed E-state index contributed by atoms with van der Waals surface area (Å²) in [6, 6.07) is 0. The van der Waals surface area contributed by atoms with Gasteiger partial charge in [-0.05, 0) is 18.3 Å². The molecule has 3 heterocycles. The molecule has 0 aromatic carbocycles. The lowest BCUT2D eigenvalue weighted by atomic mass is 9.77. The summed E-state index contributed by atoms with van der Waals surface area (Å²) in [5.74, 6) is -0.0300. The van der Waals surface area contributed by atoms with Crippen molar-refractivity contribution < 1.29 is 9.59 Å². The van der Waals surface area contributed by atoms with Crippen LogP contribution in [0.15, 0.2) is 12.4 Å². The predicted molar refractivity (Wildman–Crippen MR) is 72.2 cm³/mol. The van der Waals surface area contributed by atoms with Crippen molar-refractivity contribution in [3.8, 4) is 0 Å². The number of nitrogens with zero attached hydrogens (tertiary/aromatic N) is 3. The molecule has 0 unspecified atom stereocenters. The Morgan fingerprint density at radius 3 is 2.70 bits per heavy atom. The van der Waals surface area contributed by atoms with Gasteiger partial charge in [0.05, 0.1) is 12.4 Å². The van der Waals surface area contributed by atoms with Gasteiger partial charge in [0.1, 0.15) is 10.8 Å². The third-order valence-corrected chi connectivity index (χ3v) is 4.31. The Labute approximate surface area is 121 Å². The number of aromatic nitrogens is 2. The van der Waals surface area contributed by atoms with Gasteiger partial charge < -0.3 is 10.2 Å². The van der Waals surface area contributed by atoms with Gasteiger partial charge in [-0.15, -0.1) is 0 Å². The van der Waals surface area contributed by atoms with Crippen molar-refractivity contribution >= 4 is 23.4 Å². The number of likely N-dealkylation sites (tertiary alicyclic amines) is 1. The maximum absolute atomic E-state index is 12.3. The molecule has 2 aliphatic rings. The van der Waals surface area contributed by atoms with E-state index in [-0.39, 0.29) is 28.1 Å². The molecule has 1 N–H and O–H groups in total. The average Bonchev–Trinajstić information content (AvgIpc) is 2.80. The van der Waals surface area contributed by atoms with Crippen LogP contribution in [0.4, 0.5) is 0 Å². The Balaban J connectivity index is 1.66. The van der Waals surface area contributed by atoms with Crippen molar-refractivity contribution in [3.05, 3.63) is 23.2 Å². The minimum absolute atomic E-state index is 0.0356. The lowest BCUT2D eigenvalue weighted by Crippen LogP contribution is -2.44. The Bertz CT molecular complexity index is 555. The smallest absolute Gasteiger partial charge is 0.274 e. The van der Waals surface area contributed by atoms with Crippen LogP contribution < -0.4 is 5.32 Å².